The van der Waals surface area contributed by atoms with Gasteiger partial charge >= 0.3 is 0 Å². The number of fused-ring (bicyclic) bond motifs is 1. The second kappa shape index (κ2) is 10.5. The van der Waals surface area contributed by atoms with Gasteiger partial charge < -0.3 is 26.0 Å². The van der Waals surface area contributed by atoms with E-state index in [2.05, 4.69) is 37.5 Å². The van der Waals surface area contributed by atoms with Crippen LogP contribution in [-0.4, -0.2) is 32.2 Å². The number of nitrogens with one attached hydrogen (secondary N) is 4. The molecule has 0 bridgehead atoms. The summed E-state index contributed by atoms with van der Waals surface area (Å²) >= 11 is 6.44. The molecule has 5 N–H and O–H groups in total. The lowest BCUT2D eigenvalue weighted by molar-refractivity contribution is 0.102. The molecule has 0 spiro atoms. The van der Waals surface area contributed by atoms with Crippen LogP contribution in [0.3, 0.4) is 0 Å². The third-order valence-corrected chi connectivity index (χ3v) is 5.93. The summed E-state index contributed by atoms with van der Waals surface area (Å²) in [4.78, 5) is 24.9. The fourth-order valence-corrected chi connectivity index (χ4v) is 4.03. The summed E-state index contributed by atoms with van der Waals surface area (Å²) in [5.41, 5.74) is 4.93. The molecule has 1 atom stereocenters. The van der Waals surface area contributed by atoms with Gasteiger partial charge in [0.05, 0.1) is 16.9 Å². The number of halogens is 1. The molecule has 9 heteroatoms. The maximum atomic E-state index is 12.7. The van der Waals surface area contributed by atoms with Crippen molar-refractivity contribution in [2.45, 2.75) is 6.23 Å². The van der Waals surface area contributed by atoms with Crippen molar-refractivity contribution in [3.8, 4) is 11.3 Å². The van der Waals surface area contributed by atoms with Gasteiger partial charge in [0.2, 0.25) is 5.95 Å². The number of aromatic nitrogens is 3. The highest BCUT2D eigenvalue weighted by Gasteiger charge is 2.13. The minimum absolute atomic E-state index is 0.266. The number of H-pyrrole nitrogens is 1. The van der Waals surface area contributed by atoms with Gasteiger partial charge in [-0.05, 0) is 54.6 Å². The van der Waals surface area contributed by atoms with Crippen molar-refractivity contribution in [2.75, 3.05) is 16.0 Å². The van der Waals surface area contributed by atoms with Crippen molar-refractivity contribution in [3.05, 3.63) is 108 Å². The van der Waals surface area contributed by atoms with Crippen LogP contribution in [-0.2, 0) is 0 Å². The predicted octanol–water partition coefficient (Wildman–Crippen LogP) is 6.19. The van der Waals surface area contributed by atoms with Crippen LogP contribution in [0.25, 0.3) is 22.2 Å². The van der Waals surface area contributed by atoms with E-state index in [4.69, 9.17) is 11.6 Å². The fourth-order valence-electron chi connectivity index (χ4n) is 3.84. The zero-order chi connectivity index (χ0) is 25.8. The van der Waals surface area contributed by atoms with Crippen LogP contribution in [0.2, 0.25) is 5.02 Å². The number of amides is 1. The molecule has 0 saturated carbocycles. The Hall–Kier alpha value is -4.66. The van der Waals surface area contributed by atoms with Crippen molar-refractivity contribution in [3.63, 3.8) is 0 Å². The Kier molecular flexibility index (Phi) is 6.85. The number of benzene rings is 3. The Labute approximate surface area is 218 Å². The fraction of sp³-hybridized carbons (Fsp3) is 0.0357. The van der Waals surface area contributed by atoms with Gasteiger partial charge in [-0.3, -0.25) is 4.79 Å². The highest BCUT2D eigenvalue weighted by Crippen LogP contribution is 2.32. The number of carbonyl (C=O) groups is 1. The number of aromatic amines is 1. The van der Waals surface area contributed by atoms with E-state index in [1.165, 1.54) is 6.08 Å². The third-order valence-electron chi connectivity index (χ3n) is 5.65. The first-order valence-electron chi connectivity index (χ1n) is 11.4. The van der Waals surface area contributed by atoms with E-state index >= 15 is 0 Å². The average Bonchev–Trinajstić information content (AvgIpc) is 3.34. The van der Waals surface area contributed by atoms with Crippen molar-refractivity contribution in [1.29, 1.82) is 0 Å². The number of aliphatic hydroxyl groups is 1. The highest BCUT2D eigenvalue weighted by molar-refractivity contribution is 6.33. The van der Waals surface area contributed by atoms with Crippen LogP contribution in [0.1, 0.15) is 10.4 Å². The molecule has 5 aromatic rings. The van der Waals surface area contributed by atoms with Crippen LogP contribution in [0.15, 0.2) is 97.8 Å². The van der Waals surface area contributed by atoms with E-state index in [-0.39, 0.29) is 5.91 Å². The molecule has 0 fully saturated rings. The number of anilines is 4. The van der Waals surface area contributed by atoms with Gasteiger partial charge in [0.25, 0.3) is 5.91 Å². The Morgan fingerprint density at radius 1 is 1.03 bits per heavy atom. The lowest BCUT2D eigenvalue weighted by Gasteiger charge is -2.11. The number of para-hydroxylation sites is 1. The number of hydrogen-bond donors (Lipinski definition) is 5. The monoisotopic (exact) mass is 510 g/mol. The van der Waals surface area contributed by atoms with E-state index in [1.807, 2.05) is 42.6 Å². The molecule has 0 aliphatic heterocycles. The van der Waals surface area contributed by atoms with Gasteiger partial charge in [0.1, 0.15) is 6.23 Å². The molecule has 2 aromatic heterocycles. The van der Waals surface area contributed by atoms with Gasteiger partial charge in [0, 0.05) is 45.3 Å². The molecule has 1 unspecified atom stereocenters. The van der Waals surface area contributed by atoms with E-state index in [9.17, 15) is 9.90 Å². The number of aliphatic hydroxyl groups excluding tert-OH is 1. The summed E-state index contributed by atoms with van der Waals surface area (Å²) in [6.07, 6.45) is 3.95. The summed E-state index contributed by atoms with van der Waals surface area (Å²) in [5, 5.41) is 20.0. The summed E-state index contributed by atoms with van der Waals surface area (Å²) in [6.45, 7) is 3.52. The second-order valence-corrected chi connectivity index (χ2v) is 8.61. The van der Waals surface area contributed by atoms with Crippen LogP contribution in [0, 0.1) is 0 Å². The Morgan fingerprint density at radius 3 is 2.62 bits per heavy atom. The molecule has 5 rings (SSSR count). The largest absolute Gasteiger partial charge is 0.370 e. The average molecular weight is 511 g/mol. The molecule has 184 valence electrons. The first kappa shape index (κ1) is 24.1. The number of rotatable bonds is 8. The topological polar surface area (TPSA) is 115 Å². The quantitative estimate of drug-likeness (QED) is 0.125. The minimum atomic E-state index is -0.863. The Bertz CT molecular complexity index is 1580. The molecule has 0 aliphatic carbocycles. The van der Waals surface area contributed by atoms with Gasteiger partial charge in [-0.15, -0.1) is 0 Å². The summed E-state index contributed by atoms with van der Waals surface area (Å²) in [5.74, 6) is 0.107. The van der Waals surface area contributed by atoms with E-state index in [0.29, 0.717) is 39.3 Å². The first-order valence-corrected chi connectivity index (χ1v) is 11.8. The molecule has 3 aromatic carbocycles. The van der Waals surface area contributed by atoms with Crippen LogP contribution in [0.4, 0.5) is 23.0 Å². The standard InChI is InChI=1S/C28H23ClN6O2/c1-2-25(36)32-18-12-10-17(11-13-18)27(37)33-19-6-5-7-20(14-19)34-28-31-16-23(29)26(35-28)22-15-30-24-9-4-3-8-21(22)24/h2-16,25,30,32,36H,1H2,(H,33,37)(H,31,34,35). The zero-order valence-electron chi connectivity index (χ0n) is 19.6. The van der Waals surface area contributed by atoms with E-state index in [0.717, 1.165) is 16.5 Å². The maximum Gasteiger partial charge on any atom is 0.255 e. The Balaban J connectivity index is 1.31. The summed E-state index contributed by atoms with van der Waals surface area (Å²) in [7, 11) is 0. The molecular weight excluding hydrogens is 488 g/mol. The zero-order valence-corrected chi connectivity index (χ0v) is 20.3. The Morgan fingerprint density at radius 2 is 1.81 bits per heavy atom. The van der Waals surface area contributed by atoms with Crippen LogP contribution < -0.4 is 16.0 Å². The maximum absolute atomic E-state index is 12.7. The molecule has 0 saturated heterocycles. The van der Waals surface area contributed by atoms with Crippen LogP contribution >= 0.6 is 11.6 Å². The van der Waals surface area contributed by atoms with Crippen molar-refractivity contribution in [2.24, 2.45) is 0 Å². The molecule has 8 nitrogen and oxygen atoms in total. The smallest absolute Gasteiger partial charge is 0.255 e. The third kappa shape index (κ3) is 5.45. The number of nitrogens with zero attached hydrogens (tertiary/aromatic N) is 2. The summed E-state index contributed by atoms with van der Waals surface area (Å²) < 4.78 is 0. The van der Waals surface area contributed by atoms with Crippen molar-refractivity contribution in [1.82, 2.24) is 15.0 Å². The van der Waals surface area contributed by atoms with Crippen molar-refractivity contribution < 1.29 is 9.90 Å². The predicted molar refractivity (Wildman–Crippen MR) is 148 cm³/mol. The number of hydrogen-bond acceptors (Lipinski definition) is 6. The molecule has 0 radical (unpaired) electrons. The van der Waals surface area contributed by atoms with Crippen molar-refractivity contribution >= 4 is 51.4 Å². The molecule has 0 aliphatic rings. The SMILES string of the molecule is C=CC(O)Nc1ccc(C(=O)Nc2cccc(Nc3ncc(Cl)c(-c4c[nH]c5ccccc45)n3)c2)cc1. The molecule has 2 heterocycles. The lowest BCUT2D eigenvalue weighted by atomic mass is 10.1. The van der Waals surface area contributed by atoms with Crippen LogP contribution in [0.5, 0.6) is 0 Å². The van der Waals surface area contributed by atoms with Gasteiger partial charge in [-0.2, -0.15) is 0 Å². The second-order valence-electron chi connectivity index (χ2n) is 8.20. The minimum Gasteiger partial charge on any atom is -0.370 e. The van der Waals surface area contributed by atoms with Gasteiger partial charge in [0.15, 0.2) is 0 Å². The summed E-state index contributed by atoms with van der Waals surface area (Å²) in [6, 6.07) is 21.9. The van der Waals surface area contributed by atoms with E-state index in [1.54, 1.807) is 42.6 Å². The highest BCUT2D eigenvalue weighted by atomic mass is 35.5. The molecular formula is C28H23ClN6O2. The normalized spacial score (nSPS) is 11.6. The molecule has 37 heavy (non-hydrogen) atoms. The van der Waals surface area contributed by atoms with E-state index < -0.39 is 6.23 Å². The van der Waals surface area contributed by atoms with Gasteiger partial charge in [-0.1, -0.05) is 42.4 Å². The molecule has 1 amide bonds. The first-order chi connectivity index (χ1) is 18.0. The lowest BCUT2D eigenvalue weighted by Crippen LogP contribution is -2.15. The van der Waals surface area contributed by atoms with Gasteiger partial charge in [-0.25, -0.2) is 9.97 Å². The number of carbonyl (C=O) groups excluding carboxylic acids is 1.